The van der Waals surface area contributed by atoms with Crippen LogP contribution in [0.1, 0.15) is 0 Å². The molecule has 66 valence electrons. The minimum atomic E-state index is -0.543. The summed E-state index contributed by atoms with van der Waals surface area (Å²) in [5, 5.41) is 0. The lowest BCUT2D eigenvalue weighted by molar-refractivity contribution is 0.716. The number of nitrogens with zero attached hydrogens (tertiary/aromatic N) is 1. The van der Waals surface area contributed by atoms with Crippen LogP contribution in [0.25, 0.3) is 0 Å². The van der Waals surface area contributed by atoms with Gasteiger partial charge in [0.15, 0.2) is 8.64 Å². The fraction of sp³-hybridized carbons (Fsp3) is 1.00. The zero-order valence-corrected chi connectivity index (χ0v) is 11.6. The predicted molar refractivity (Wildman–Crippen MR) is 59.6 cm³/mol. The van der Waals surface area contributed by atoms with Crippen LogP contribution in [0.15, 0.2) is 0 Å². The Kier molecular flexibility index (Phi) is 3.51. The van der Waals surface area contributed by atoms with Crippen LogP contribution in [-0.4, -0.2) is 43.2 Å². The third-order valence-electron chi connectivity index (χ3n) is 2.38. The molecule has 0 saturated carbocycles. The number of nitrogens with one attached hydrogen (secondary N) is 1. The van der Waals surface area contributed by atoms with Crippen LogP contribution >= 0.6 is 0 Å². The Balaban J connectivity index is 2.51. The van der Waals surface area contributed by atoms with Crippen LogP contribution in [0.5, 0.6) is 0 Å². The van der Waals surface area contributed by atoms with Gasteiger partial charge in [-0.05, 0) is 6.54 Å². The van der Waals surface area contributed by atoms with E-state index in [9.17, 15) is 0 Å². The summed E-state index contributed by atoms with van der Waals surface area (Å²) in [7, 11) is -1.36. The third-order valence-corrected chi connectivity index (χ3v) is 16.3. The molecule has 11 heavy (non-hydrogen) atoms. The molecule has 1 saturated heterocycles. The summed E-state index contributed by atoms with van der Waals surface area (Å²) < 4.78 is 2.87. The van der Waals surface area contributed by atoms with Crippen molar-refractivity contribution in [3.63, 3.8) is 0 Å². The lowest BCUT2D eigenvalue weighted by Crippen LogP contribution is -2.54. The average Bonchev–Trinajstić information content (AvgIpc) is 2.32. The maximum absolute atomic E-state index is 3.75. The van der Waals surface area contributed by atoms with Crippen molar-refractivity contribution in [2.75, 3.05) is 13.1 Å². The summed E-state index contributed by atoms with van der Waals surface area (Å²) in [5.74, 6) is 0. The molecule has 1 rings (SSSR count). The van der Waals surface area contributed by atoms with Gasteiger partial charge in [0.2, 0.25) is 0 Å². The Morgan fingerprint density at radius 2 is 1.91 bits per heavy atom. The van der Waals surface area contributed by atoms with Gasteiger partial charge in [-0.2, -0.15) is 0 Å². The quantitative estimate of drug-likeness (QED) is 0.619. The molecule has 1 fully saturated rings. The van der Waals surface area contributed by atoms with Crippen LogP contribution in [0.3, 0.4) is 0 Å². The molecule has 0 aromatic carbocycles. The molecule has 0 spiro atoms. The van der Waals surface area contributed by atoms with Crippen molar-refractivity contribution in [2.45, 2.75) is 26.2 Å². The fourth-order valence-electron chi connectivity index (χ4n) is 1.80. The predicted octanol–water partition coefficient (Wildman–Crippen LogP) is -0.339. The average molecular weight is 204 g/mol. The molecule has 1 aliphatic heterocycles. The zero-order valence-electron chi connectivity index (χ0n) is 8.09. The molecule has 1 atom stereocenters. The SMILES string of the molecule is C[SiH](C)N1CCN[SiH]1[SiH](C)C. The van der Waals surface area contributed by atoms with Crippen molar-refractivity contribution < 1.29 is 0 Å². The lowest BCUT2D eigenvalue weighted by atomic mass is 10.7. The highest BCUT2D eigenvalue weighted by Gasteiger charge is 2.30. The van der Waals surface area contributed by atoms with E-state index in [1.807, 2.05) is 0 Å². The summed E-state index contributed by atoms with van der Waals surface area (Å²) in [4.78, 5) is 3.75. The number of hydrogen-bond acceptors (Lipinski definition) is 2. The highest BCUT2D eigenvalue weighted by atomic mass is 29.2. The van der Waals surface area contributed by atoms with E-state index in [1.165, 1.54) is 13.1 Å². The summed E-state index contributed by atoms with van der Waals surface area (Å²) in [6, 6.07) is 0. The topological polar surface area (TPSA) is 15.3 Å². The van der Waals surface area contributed by atoms with Gasteiger partial charge in [-0.25, -0.2) is 0 Å². The van der Waals surface area contributed by atoms with Crippen LogP contribution < -0.4 is 4.98 Å². The largest absolute Gasteiger partial charge is 0.340 e. The third kappa shape index (κ3) is 2.25. The van der Waals surface area contributed by atoms with Crippen molar-refractivity contribution in [3.8, 4) is 0 Å². The second-order valence-corrected chi connectivity index (χ2v) is 17.8. The first-order valence-electron chi connectivity index (χ1n) is 4.62. The van der Waals surface area contributed by atoms with Gasteiger partial charge in [0.1, 0.15) is 0 Å². The monoisotopic (exact) mass is 204 g/mol. The summed E-state index contributed by atoms with van der Waals surface area (Å²) in [6.45, 7) is 12.6. The van der Waals surface area contributed by atoms with Crippen molar-refractivity contribution >= 4 is 25.9 Å². The van der Waals surface area contributed by atoms with Gasteiger partial charge in [-0.1, -0.05) is 26.2 Å². The Morgan fingerprint density at radius 1 is 1.27 bits per heavy atom. The lowest BCUT2D eigenvalue weighted by Gasteiger charge is -2.27. The van der Waals surface area contributed by atoms with E-state index >= 15 is 0 Å². The van der Waals surface area contributed by atoms with Crippen molar-refractivity contribution in [2.24, 2.45) is 0 Å². The van der Waals surface area contributed by atoms with E-state index < -0.39 is 17.6 Å². The first-order valence-corrected chi connectivity index (χ1v) is 13.5. The standard InChI is InChI=1S/C6H20N2Si3/c1-9(2)8-6-5-7-11(8)10(3)4/h7,9-11H,5-6H2,1-4H3. The van der Waals surface area contributed by atoms with Gasteiger partial charge in [0.05, 0.1) is 17.3 Å². The van der Waals surface area contributed by atoms with Crippen molar-refractivity contribution in [1.82, 2.24) is 9.21 Å². The molecule has 1 N–H and O–H groups in total. The molecule has 0 amide bonds. The molecule has 0 aliphatic carbocycles. The Hall–Kier alpha value is 0.571. The molecule has 1 heterocycles. The molecule has 5 heteroatoms. The normalized spacial score (nSPS) is 27.3. The van der Waals surface area contributed by atoms with Crippen molar-refractivity contribution in [3.05, 3.63) is 0 Å². The van der Waals surface area contributed by atoms with Gasteiger partial charge in [-0.15, -0.1) is 0 Å². The van der Waals surface area contributed by atoms with Crippen LogP contribution in [0, 0.1) is 0 Å². The Bertz CT molecular complexity index is 115. The van der Waals surface area contributed by atoms with Gasteiger partial charge < -0.3 is 9.21 Å². The van der Waals surface area contributed by atoms with Crippen molar-refractivity contribution in [1.29, 1.82) is 0 Å². The van der Waals surface area contributed by atoms with E-state index in [0.29, 0.717) is 0 Å². The fourth-order valence-corrected chi connectivity index (χ4v) is 18.5. The molecule has 0 aromatic rings. The second-order valence-electron chi connectivity index (χ2n) is 3.97. The van der Waals surface area contributed by atoms with Gasteiger partial charge in [-0.3, -0.25) is 0 Å². The first-order chi connectivity index (χ1) is 5.13. The van der Waals surface area contributed by atoms with E-state index in [0.717, 1.165) is 0 Å². The molecule has 1 unspecified atom stereocenters. The zero-order chi connectivity index (χ0) is 8.43. The van der Waals surface area contributed by atoms with Crippen LogP contribution in [0.2, 0.25) is 26.2 Å². The highest BCUT2D eigenvalue weighted by molar-refractivity contribution is 7.21. The van der Waals surface area contributed by atoms with E-state index in [1.54, 1.807) is 0 Å². The second kappa shape index (κ2) is 3.99. The molecular formula is C6H20N2Si3. The van der Waals surface area contributed by atoms with E-state index in [4.69, 9.17) is 0 Å². The Labute approximate surface area is 74.8 Å². The van der Waals surface area contributed by atoms with E-state index in [2.05, 4.69) is 35.4 Å². The number of hydrogen-bond donors (Lipinski definition) is 1. The van der Waals surface area contributed by atoms with Gasteiger partial charge in [0.25, 0.3) is 0 Å². The summed E-state index contributed by atoms with van der Waals surface area (Å²) in [6.07, 6.45) is 0. The minimum absolute atomic E-state index is 0.349. The van der Waals surface area contributed by atoms with Crippen LogP contribution in [-0.2, 0) is 0 Å². The van der Waals surface area contributed by atoms with E-state index in [-0.39, 0.29) is 8.31 Å². The minimum Gasteiger partial charge on any atom is -0.340 e. The summed E-state index contributed by atoms with van der Waals surface area (Å²) >= 11 is 0. The highest BCUT2D eigenvalue weighted by Crippen LogP contribution is 2.05. The maximum atomic E-state index is 3.75. The van der Waals surface area contributed by atoms with Gasteiger partial charge >= 0.3 is 0 Å². The molecule has 1 aliphatic rings. The first kappa shape index (κ1) is 9.66. The van der Waals surface area contributed by atoms with Crippen LogP contribution in [0.4, 0.5) is 0 Å². The molecule has 0 aromatic heterocycles. The summed E-state index contributed by atoms with van der Waals surface area (Å²) in [5.41, 5.74) is 0. The molecule has 2 nitrogen and oxygen atoms in total. The smallest absolute Gasteiger partial charge is 0.162 e. The molecule has 0 radical (unpaired) electrons. The van der Waals surface area contributed by atoms with Gasteiger partial charge in [0, 0.05) is 6.54 Å². The molecule has 0 bridgehead atoms. The molecular weight excluding hydrogens is 184 g/mol. The Morgan fingerprint density at radius 3 is 2.27 bits per heavy atom. The maximum Gasteiger partial charge on any atom is 0.162 e. The number of rotatable bonds is 2.